The fraction of sp³-hybridized carbons (Fsp3) is 0.257. The molecule has 36 heavy (non-hydrogen) atoms. The average Bonchev–Trinajstić information content (AvgIpc) is 2.87. The standard InChI is InChI=1S/C35H37N/c1-7-32(35(4,5)6)33-28-12-8-10-14-30(28)34(31-15-11-9-13-29(31)33)36(26-20-16-24(2)17-21-26)27-22-18-25(3)19-23-27/h8-23,32H,7H2,1-6H3. The Morgan fingerprint density at radius 2 is 0.972 bits per heavy atom. The third-order valence-electron chi connectivity index (χ3n) is 7.55. The lowest BCUT2D eigenvalue weighted by molar-refractivity contribution is 0.316. The molecule has 0 fully saturated rings. The van der Waals surface area contributed by atoms with Gasteiger partial charge in [0.25, 0.3) is 0 Å². The summed E-state index contributed by atoms with van der Waals surface area (Å²) in [5.74, 6) is 0.452. The van der Waals surface area contributed by atoms with Crippen LogP contribution in [0.1, 0.15) is 56.7 Å². The Morgan fingerprint density at radius 1 is 0.583 bits per heavy atom. The highest BCUT2D eigenvalue weighted by Gasteiger charge is 2.30. The van der Waals surface area contributed by atoms with Crippen LogP contribution >= 0.6 is 0 Å². The highest BCUT2D eigenvalue weighted by atomic mass is 15.1. The molecular formula is C35H37N. The summed E-state index contributed by atoms with van der Waals surface area (Å²) in [6.07, 6.45) is 1.11. The minimum absolute atomic E-state index is 0.162. The van der Waals surface area contributed by atoms with E-state index in [1.807, 2.05) is 0 Å². The van der Waals surface area contributed by atoms with E-state index in [0.717, 1.165) is 6.42 Å². The first-order chi connectivity index (χ1) is 17.3. The van der Waals surface area contributed by atoms with Crippen LogP contribution in [0.3, 0.4) is 0 Å². The van der Waals surface area contributed by atoms with E-state index in [9.17, 15) is 0 Å². The van der Waals surface area contributed by atoms with Crippen LogP contribution in [0.4, 0.5) is 17.1 Å². The van der Waals surface area contributed by atoms with Gasteiger partial charge in [-0.1, -0.05) is 112 Å². The Bertz CT molecular complexity index is 1400. The molecule has 0 aliphatic carbocycles. The van der Waals surface area contributed by atoms with Crippen molar-refractivity contribution in [3.8, 4) is 0 Å². The molecule has 0 spiro atoms. The minimum atomic E-state index is 0.162. The van der Waals surface area contributed by atoms with Crippen molar-refractivity contribution in [2.45, 2.75) is 53.9 Å². The Kier molecular flexibility index (Phi) is 6.35. The van der Waals surface area contributed by atoms with Gasteiger partial charge in [0.05, 0.1) is 5.69 Å². The van der Waals surface area contributed by atoms with E-state index in [4.69, 9.17) is 0 Å². The van der Waals surface area contributed by atoms with Crippen LogP contribution in [-0.2, 0) is 0 Å². The maximum absolute atomic E-state index is 2.45. The molecule has 5 rings (SSSR count). The van der Waals surface area contributed by atoms with Gasteiger partial charge in [-0.25, -0.2) is 0 Å². The molecule has 0 aliphatic rings. The molecule has 0 heterocycles. The number of fused-ring (bicyclic) bond motifs is 2. The molecule has 0 saturated heterocycles. The van der Waals surface area contributed by atoms with Crippen LogP contribution in [-0.4, -0.2) is 0 Å². The van der Waals surface area contributed by atoms with Gasteiger partial charge in [-0.3, -0.25) is 0 Å². The van der Waals surface area contributed by atoms with Crippen LogP contribution in [0.25, 0.3) is 21.5 Å². The third kappa shape index (κ3) is 4.28. The fourth-order valence-electron chi connectivity index (χ4n) is 5.80. The molecule has 5 aromatic rings. The first-order valence-electron chi connectivity index (χ1n) is 13.2. The predicted molar refractivity (Wildman–Crippen MR) is 158 cm³/mol. The minimum Gasteiger partial charge on any atom is -0.309 e. The number of anilines is 3. The first kappa shape index (κ1) is 24.1. The summed E-state index contributed by atoms with van der Waals surface area (Å²) >= 11 is 0. The zero-order chi connectivity index (χ0) is 25.4. The second-order valence-electron chi connectivity index (χ2n) is 11.2. The van der Waals surface area contributed by atoms with Crippen molar-refractivity contribution in [1.82, 2.24) is 0 Å². The lowest BCUT2D eigenvalue weighted by Crippen LogP contribution is -2.19. The molecule has 0 N–H and O–H groups in total. The summed E-state index contributed by atoms with van der Waals surface area (Å²) in [6.45, 7) is 13.8. The van der Waals surface area contributed by atoms with Crippen molar-refractivity contribution < 1.29 is 0 Å². The average molecular weight is 472 g/mol. The number of aryl methyl sites for hydroxylation is 2. The largest absolute Gasteiger partial charge is 0.309 e. The van der Waals surface area contributed by atoms with E-state index in [1.165, 1.54) is 55.3 Å². The third-order valence-corrected chi connectivity index (χ3v) is 7.55. The monoisotopic (exact) mass is 471 g/mol. The van der Waals surface area contributed by atoms with Gasteiger partial charge in [0.15, 0.2) is 0 Å². The Labute approximate surface area is 216 Å². The van der Waals surface area contributed by atoms with E-state index >= 15 is 0 Å². The van der Waals surface area contributed by atoms with Crippen molar-refractivity contribution in [3.63, 3.8) is 0 Å². The summed E-state index contributed by atoms with van der Waals surface area (Å²) in [4.78, 5) is 2.45. The van der Waals surface area contributed by atoms with Crippen molar-refractivity contribution >= 4 is 38.6 Å². The summed E-state index contributed by atoms with van der Waals surface area (Å²) in [7, 11) is 0. The van der Waals surface area contributed by atoms with Crippen molar-refractivity contribution in [2.75, 3.05) is 4.90 Å². The number of rotatable bonds is 5. The highest BCUT2D eigenvalue weighted by molar-refractivity contribution is 6.16. The summed E-state index contributed by atoms with van der Waals surface area (Å²) in [5.41, 5.74) is 7.78. The van der Waals surface area contributed by atoms with Crippen molar-refractivity contribution in [3.05, 3.63) is 114 Å². The van der Waals surface area contributed by atoms with Gasteiger partial charge < -0.3 is 4.90 Å². The fourth-order valence-corrected chi connectivity index (χ4v) is 5.80. The maximum Gasteiger partial charge on any atom is 0.0618 e. The predicted octanol–water partition coefficient (Wildman–Crippen LogP) is 10.6. The van der Waals surface area contributed by atoms with Gasteiger partial charge in [-0.15, -0.1) is 0 Å². The second-order valence-corrected chi connectivity index (χ2v) is 11.2. The van der Waals surface area contributed by atoms with E-state index in [1.54, 1.807) is 0 Å². The Balaban J connectivity index is 1.93. The van der Waals surface area contributed by atoms with Gasteiger partial charge in [-0.2, -0.15) is 0 Å². The van der Waals surface area contributed by atoms with Crippen molar-refractivity contribution in [2.24, 2.45) is 5.41 Å². The number of hydrogen-bond donors (Lipinski definition) is 0. The van der Waals surface area contributed by atoms with Gasteiger partial charge in [-0.05, 0) is 72.2 Å². The highest BCUT2D eigenvalue weighted by Crippen LogP contribution is 2.50. The summed E-state index contributed by atoms with van der Waals surface area (Å²) < 4.78 is 0. The molecule has 0 aromatic heterocycles. The second kappa shape index (κ2) is 9.47. The number of nitrogens with zero attached hydrogens (tertiary/aromatic N) is 1. The molecule has 5 aromatic carbocycles. The molecule has 0 amide bonds. The van der Waals surface area contributed by atoms with Crippen molar-refractivity contribution in [1.29, 1.82) is 0 Å². The molecule has 0 saturated carbocycles. The zero-order valence-electron chi connectivity index (χ0n) is 22.5. The molecule has 0 aliphatic heterocycles. The lowest BCUT2D eigenvalue weighted by atomic mass is 9.72. The molecule has 0 radical (unpaired) electrons. The topological polar surface area (TPSA) is 3.24 Å². The van der Waals surface area contributed by atoms with Crippen LogP contribution in [0.2, 0.25) is 0 Å². The molecule has 0 bridgehead atoms. The number of hydrogen-bond acceptors (Lipinski definition) is 1. The van der Waals surface area contributed by atoms with Gasteiger partial charge in [0.2, 0.25) is 0 Å². The van der Waals surface area contributed by atoms with Crippen LogP contribution in [0, 0.1) is 19.3 Å². The maximum atomic E-state index is 2.45. The van der Waals surface area contributed by atoms with Crippen LogP contribution in [0.15, 0.2) is 97.1 Å². The normalized spacial score (nSPS) is 12.7. The van der Waals surface area contributed by atoms with Gasteiger partial charge >= 0.3 is 0 Å². The number of benzene rings is 5. The first-order valence-corrected chi connectivity index (χ1v) is 13.2. The zero-order valence-corrected chi connectivity index (χ0v) is 22.5. The van der Waals surface area contributed by atoms with Gasteiger partial charge in [0, 0.05) is 22.1 Å². The Hall–Kier alpha value is -3.58. The summed E-state index contributed by atoms with van der Waals surface area (Å²) in [5, 5.41) is 5.32. The molecule has 1 atom stereocenters. The smallest absolute Gasteiger partial charge is 0.0618 e. The Morgan fingerprint density at radius 3 is 1.33 bits per heavy atom. The van der Waals surface area contributed by atoms with Crippen LogP contribution in [0.5, 0.6) is 0 Å². The SMILES string of the molecule is CCC(c1c2ccccc2c(N(c2ccc(C)cc2)c2ccc(C)cc2)c2ccccc12)C(C)(C)C. The molecule has 1 unspecified atom stereocenters. The molecule has 1 heteroatoms. The quantitative estimate of drug-likeness (QED) is 0.230. The summed E-state index contributed by atoms with van der Waals surface area (Å²) in [6, 6.07) is 35.9. The van der Waals surface area contributed by atoms with Gasteiger partial charge in [0.1, 0.15) is 0 Å². The van der Waals surface area contributed by atoms with E-state index < -0.39 is 0 Å². The molecular weight excluding hydrogens is 434 g/mol. The lowest BCUT2D eigenvalue weighted by Gasteiger charge is -2.35. The van der Waals surface area contributed by atoms with E-state index in [2.05, 4.69) is 144 Å². The molecule has 182 valence electrons. The van der Waals surface area contributed by atoms with E-state index in [-0.39, 0.29) is 5.41 Å². The molecule has 1 nitrogen and oxygen atoms in total. The van der Waals surface area contributed by atoms with E-state index in [0.29, 0.717) is 5.92 Å². The van der Waals surface area contributed by atoms with Crippen LogP contribution < -0.4 is 4.90 Å².